The summed E-state index contributed by atoms with van der Waals surface area (Å²) in [5.74, 6) is 1.92. The molecule has 0 spiro atoms. The van der Waals surface area contributed by atoms with E-state index in [0.29, 0.717) is 37.1 Å². The molecule has 3 rings (SSSR count). The lowest BCUT2D eigenvalue weighted by molar-refractivity contribution is 0.286. The average Bonchev–Trinajstić information content (AvgIpc) is 2.95. The van der Waals surface area contributed by atoms with E-state index in [9.17, 15) is 0 Å². The van der Waals surface area contributed by atoms with Gasteiger partial charge in [0.15, 0.2) is 0 Å². The summed E-state index contributed by atoms with van der Waals surface area (Å²) in [6, 6.07) is 28.5. The van der Waals surface area contributed by atoms with E-state index in [-0.39, 0.29) is 0 Å². The van der Waals surface area contributed by atoms with Gasteiger partial charge in [0.25, 0.3) is 0 Å². The summed E-state index contributed by atoms with van der Waals surface area (Å²) in [4.78, 5) is 3.40. The van der Waals surface area contributed by atoms with Gasteiger partial charge in [-0.25, -0.2) is 0 Å². The molecule has 11 heteroatoms. The first-order chi connectivity index (χ1) is 18.7. The fourth-order valence-corrected chi connectivity index (χ4v) is 8.72. The molecule has 3 unspecified atom stereocenters. The number of para-hydroxylation sites is 3. The van der Waals surface area contributed by atoms with Crippen LogP contribution in [0.2, 0.25) is 0 Å². The standard InChI is InChI=1S/C27H37N2O6P3/c1-4-22-30-36(33-25-16-10-7-11-17-25)28-38(32-24-6-3,35-27-20-14-9-15-21-27)29-37(31-23-5-2)34-26-18-12-8-13-19-26/h7-21,28H,4-6,22-24H2,1-3H3. The van der Waals surface area contributed by atoms with Crippen LogP contribution in [-0.2, 0) is 13.6 Å². The maximum atomic E-state index is 6.52. The van der Waals surface area contributed by atoms with Crippen LogP contribution in [0, 0.1) is 0 Å². The number of nitrogens with zero attached hydrogens (tertiary/aromatic N) is 1. The Bertz CT molecular complexity index is 1080. The van der Waals surface area contributed by atoms with Crippen molar-refractivity contribution in [1.82, 2.24) is 4.86 Å². The molecular formula is C27H37N2O6P3. The lowest BCUT2D eigenvalue weighted by Gasteiger charge is -2.29. The number of hydrogen-bond acceptors (Lipinski definition) is 7. The zero-order chi connectivity index (χ0) is 26.9. The molecule has 0 radical (unpaired) electrons. The second kappa shape index (κ2) is 17.6. The largest absolute Gasteiger partial charge is 0.436 e. The Balaban J connectivity index is 2.04. The van der Waals surface area contributed by atoms with Gasteiger partial charge in [0.2, 0.25) is 0 Å². The predicted molar refractivity (Wildman–Crippen MR) is 156 cm³/mol. The highest BCUT2D eigenvalue weighted by Crippen LogP contribution is 2.62. The summed E-state index contributed by atoms with van der Waals surface area (Å²) in [6.45, 7) is 7.49. The Morgan fingerprint density at radius 1 is 0.632 bits per heavy atom. The molecule has 8 nitrogen and oxygen atoms in total. The molecule has 3 atom stereocenters. The maximum Gasteiger partial charge on any atom is 0.377 e. The number of nitrogens with one attached hydrogen (secondary N) is 1. The van der Waals surface area contributed by atoms with Gasteiger partial charge in [-0.2, -0.15) is 0 Å². The average molecular weight is 579 g/mol. The molecule has 0 saturated carbocycles. The summed E-state index contributed by atoms with van der Waals surface area (Å²) in [5, 5.41) is 0. The Hall–Kier alpha value is -2.01. The number of hydrogen-bond donors (Lipinski definition) is 1. The van der Waals surface area contributed by atoms with Crippen molar-refractivity contribution >= 4 is 24.7 Å². The quantitative estimate of drug-likeness (QED) is 0.151. The van der Waals surface area contributed by atoms with E-state index >= 15 is 0 Å². The minimum Gasteiger partial charge on any atom is -0.436 e. The van der Waals surface area contributed by atoms with E-state index in [1.165, 1.54) is 0 Å². The van der Waals surface area contributed by atoms with Gasteiger partial charge in [0, 0.05) is 0 Å². The van der Waals surface area contributed by atoms with Gasteiger partial charge in [-0.1, -0.05) is 75.4 Å². The van der Waals surface area contributed by atoms with Crippen molar-refractivity contribution in [3.63, 3.8) is 0 Å². The minimum atomic E-state index is -3.27. The predicted octanol–water partition coefficient (Wildman–Crippen LogP) is 9.49. The van der Waals surface area contributed by atoms with Crippen molar-refractivity contribution in [2.45, 2.75) is 40.0 Å². The SMILES string of the molecule is CCCOP(N=P(NP(OCCC)Oc1ccccc1)(OCCC)Oc1ccccc1)Oc1ccccc1. The molecule has 0 heterocycles. The topological polar surface area (TPSA) is 79.8 Å². The summed E-state index contributed by atoms with van der Waals surface area (Å²) < 4.78 is 42.6. The third kappa shape index (κ3) is 11.0. The molecule has 0 bridgehead atoms. The van der Waals surface area contributed by atoms with Crippen LogP contribution in [0.5, 0.6) is 17.2 Å². The van der Waals surface area contributed by atoms with Crippen LogP contribution in [0.3, 0.4) is 0 Å². The van der Waals surface area contributed by atoms with Crippen LogP contribution in [0.15, 0.2) is 95.5 Å². The summed E-state index contributed by atoms with van der Waals surface area (Å²) in [6.07, 6.45) is 2.39. The molecule has 0 amide bonds. The molecular weight excluding hydrogens is 541 g/mol. The zero-order valence-electron chi connectivity index (χ0n) is 22.1. The number of benzene rings is 3. The molecule has 3 aromatic rings. The van der Waals surface area contributed by atoms with E-state index in [2.05, 4.69) is 4.86 Å². The molecule has 3 aromatic carbocycles. The van der Waals surface area contributed by atoms with Gasteiger partial charge < -0.3 is 27.1 Å². The Morgan fingerprint density at radius 3 is 1.68 bits per heavy atom. The molecule has 206 valence electrons. The smallest absolute Gasteiger partial charge is 0.377 e. The number of rotatable bonds is 18. The van der Waals surface area contributed by atoms with Crippen LogP contribution < -0.4 is 18.4 Å². The van der Waals surface area contributed by atoms with Crippen molar-refractivity contribution in [2.75, 3.05) is 19.8 Å². The zero-order valence-corrected chi connectivity index (χ0v) is 24.8. The first kappa shape index (κ1) is 30.5. The molecule has 1 N–H and O–H groups in total. The highest BCUT2D eigenvalue weighted by Gasteiger charge is 2.34. The Labute approximate surface area is 229 Å². The fourth-order valence-electron chi connectivity index (χ4n) is 2.82. The van der Waals surface area contributed by atoms with Crippen molar-refractivity contribution in [2.24, 2.45) is 4.52 Å². The van der Waals surface area contributed by atoms with Crippen molar-refractivity contribution in [3.8, 4) is 17.2 Å². The van der Waals surface area contributed by atoms with E-state index in [1.807, 2.05) is 112 Å². The molecule has 38 heavy (non-hydrogen) atoms. The van der Waals surface area contributed by atoms with Gasteiger partial charge >= 0.3 is 24.7 Å². The third-order valence-corrected chi connectivity index (χ3v) is 10.3. The van der Waals surface area contributed by atoms with Gasteiger partial charge in [0.1, 0.15) is 17.2 Å². The molecule has 0 fully saturated rings. The summed E-state index contributed by atoms with van der Waals surface area (Å²) in [7, 11) is -6.75. The van der Waals surface area contributed by atoms with Crippen LogP contribution in [0.25, 0.3) is 0 Å². The normalized spacial score (nSPS) is 14.2. The van der Waals surface area contributed by atoms with Crippen molar-refractivity contribution < 1.29 is 27.1 Å². The van der Waals surface area contributed by atoms with Crippen LogP contribution in [0.4, 0.5) is 0 Å². The molecule has 0 saturated heterocycles. The lowest BCUT2D eigenvalue weighted by atomic mass is 10.3. The highest BCUT2D eigenvalue weighted by atomic mass is 31.3. The molecule has 0 aliphatic carbocycles. The van der Waals surface area contributed by atoms with Crippen LogP contribution >= 0.6 is 24.7 Å². The highest BCUT2D eigenvalue weighted by molar-refractivity contribution is 7.70. The minimum absolute atomic E-state index is 0.404. The molecule has 0 aromatic heterocycles. The van der Waals surface area contributed by atoms with Crippen molar-refractivity contribution in [3.05, 3.63) is 91.0 Å². The molecule has 0 aliphatic rings. The summed E-state index contributed by atoms with van der Waals surface area (Å²) in [5.41, 5.74) is 0. The fraction of sp³-hybridized carbons (Fsp3) is 0.333. The second-order valence-corrected chi connectivity index (χ2v) is 12.8. The van der Waals surface area contributed by atoms with Gasteiger partial charge in [-0.05, 0) is 55.7 Å². The van der Waals surface area contributed by atoms with Gasteiger partial charge in [-0.15, -0.1) is 9.37 Å². The summed E-state index contributed by atoms with van der Waals surface area (Å²) >= 11 is 0. The first-order valence-electron chi connectivity index (χ1n) is 12.8. The van der Waals surface area contributed by atoms with Gasteiger partial charge in [0.05, 0.1) is 19.8 Å². The van der Waals surface area contributed by atoms with Crippen LogP contribution in [-0.4, -0.2) is 19.8 Å². The van der Waals surface area contributed by atoms with E-state index in [1.54, 1.807) is 0 Å². The van der Waals surface area contributed by atoms with E-state index < -0.39 is 24.7 Å². The monoisotopic (exact) mass is 578 g/mol. The van der Waals surface area contributed by atoms with E-state index in [4.69, 9.17) is 31.7 Å². The molecule has 0 aliphatic heterocycles. The second-order valence-electron chi connectivity index (χ2n) is 7.92. The lowest BCUT2D eigenvalue weighted by Crippen LogP contribution is -2.17. The Morgan fingerprint density at radius 2 is 1.13 bits per heavy atom. The van der Waals surface area contributed by atoms with Gasteiger partial charge in [-0.3, -0.25) is 0 Å². The Kier molecular flexibility index (Phi) is 14.1. The van der Waals surface area contributed by atoms with Crippen molar-refractivity contribution in [1.29, 1.82) is 0 Å². The van der Waals surface area contributed by atoms with E-state index in [0.717, 1.165) is 19.3 Å². The van der Waals surface area contributed by atoms with Crippen LogP contribution in [0.1, 0.15) is 40.0 Å². The first-order valence-corrected chi connectivity index (χ1v) is 16.7. The maximum absolute atomic E-state index is 6.52. The third-order valence-electron chi connectivity index (χ3n) is 4.52.